The Bertz CT molecular complexity index is 179. The largest absolute Gasteiger partial charge is 0.314 e. The average molecular weight is 212 g/mol. The van der Waals surface area contributed by atoms with E-state index in [2.05, 4.69) is 44.8 Å². The molecule has 0 aliphatic carbocycles. The molecule has 1 aliphatic heterocycles. The van der Waals surface area contributed by atoms with Gasteiger partial charge in [0, 0.05) is 18.6 Å². The summed E-state index contributed by atoms with van der Waals surface area (Å²) in [5, 5.41) is 3.60. The Labute approximate surface area is 95.4 Å². The minimum Gasteiger partial charge on any atom is -0.314 e. The van der Waals surface area contributed by atoms with E-state index in [0.717, 1.165) is 17.9 Å². The van der Waals surface area contributed by atoms with Crippen molar-refractivity contribution in [1.82, 2.24) is 10.2 Å². The monoisotopic (exact) mass is 212 g/mol. The Morgan fingerprint density at radius 3 is 2.47 bits per heavy atom. The lowest BCUT2D eigenvalue weighted by atomic mass is 10.00. The van der Waals surface area contributed by atoms with Crippen LogP contribution in [0.15, 0.2) is 0 Å². The van der Waals surface area contributed by atoms with Crippen molar-refractivity contribution < 1.29 is 0 Å². The van der Waals surface area contributed by atoms with Gasteiger partial charge in [-0.25, -0.2) is 0 Å². The molecule has 15 heavy (non-hydrogen) atoms. The predicted octanol–water partition coefficient (Wildman–Crippen LogP) is 2.35. The second kappa shape index (κ2) is 5.86. The molecule has 0 saturated carbocycles. The summed E-state index contributed by atoms with van der Waals surface area (Å²) in [5.41, 5.74) is 0. The second-order valence-corrected chi connectivity index (χ2v) is 5.68. The SMILES string of the molecule is CC1CNC(C)CCN(C(C)C(C)C)C1. The highest BCUT2D eigenvalue weighted by Gasteiger charge is 2.21. The molecule has 0 spiro atoms. The first-order valence-corrected chi connectivity index (χ1v) is 6.48. The van der Waals surface area contributed by atoms with Gasteiger partial charge < -0.3 is 10.2 Å². The Hall–Kier alpha value is -0.0800. The minimum atomic E-state index is 0.676. The van der Waals surface area contributed by atoms with Gasteiger partial charge in [0.05, 0.1) is 0 Å². The minimum absolute atomic E-state index is 0.676. The van der Waals surface area contributed by atoms with Crippen LogP contribution in [-0.4, -0.2) is 36.6 Å². The van der Waals surface area contributed by atoms with E-state index < -0.39 is 0 Å². The molecular weight excluding hydrogens is 184 g/mol. The van der Waals surface area contributed by atoms with E-state index >= 15 is 0 Å². The van der Waals surface area contributed by atoms with Crippen molar-refractivity contribution in [3.05, 3.63) is 0 Å². The first kappa shape index (κ1) is 13.0. The maximum atomic E-state index is 3.60. The molecule has 90 valence electrons. The van der Waals surface area contributed by atoms with Gasteiger partial charge in [0.2, 0.25) is 0 Å². The van der Waals surface area contributed by atoms with Gasteiger partial charge in [-0.1, -0.05) is 20.8 Å². The van der Waals surface area contributed by atoms with Crippen molar-refractivity contribution in [2.24, 2.45) is 11.8 Å². The fraction of sp³-hybridized carbons (Fsp3) is 1.00. The Kier molecular flexibility index (Phi) is 5.07. The van der Waals surface area contributed by atoms with E-state index in [0.29, 0.717) is 6.04 Å². The third-order valence-electron chi connectivity index (χ3n) is 3.75. The lowest BCUT2D eigenvalue weighted by Crippen LogP contribution is -2.47. The van der Waals surface area contributed by atoms with Gasteiger partial charge in [0.25, 0.3) is 0 Å². The summed E-state index contributed by atoms with van der Waals surface area (Å²) in [5.74, 6) is 1.54. The summed E-state index contributed by atoms with van der Waals surface area (Å²) in [4.78, 5) is 2.67. The van der Waals surface area contributed by atoms with E-state index in [9.17, 15) is 0 Å². The highest BCUT2D eigenvalue weighted by atomic mass is 15.2. The number of hydrogen-bond acceptors (Lipinski definition) is 2. The van der Waals surface area contributed by atoms with Crippen molar-refractivity contribution in [2.75, 3.05) is 19.6 Å². The summed E-state index contributed by atoms with van der Waals surface area (Å²) in [6.45, 7) is 15.4. The van der Waals surface area contributed by atoms with Crippen molar-refractivity contribution in [2.45, 2.75) is 53.1 Å². The molecule has 1 fully saturated rings. The molecule has 1 rings (SSSR count). The zero-order chi connectivity index (χ0) is 11.4. The van der Waals surface area contributed by atoms with Crippen molar-refractivity contribution >= 4 is 0 Å². The van der Waals surface area contributed by atoms with E-state index in [1.54, 1.807) is 0 Å². The van der Waals surface area contributed by atoms with Gasteiger partial charge in [-0.05, 0) is 45.2 Å². The van der Waals surface area contributed by atoms with Crippen LogP contribution in [0.2, 0.25) is 0 Å². The maximum absolute atomic E-state index is 3.60. The third kappa shape index (κ3) is 4.12. The van der Waals surface area contributed by atoms with Gasteiger partial charge in [-0.2, -0.15) is 0 Å². The molecule has 1 aliphatic rings. The van der Waals surface area contributed by atoms with Crippen LogP contribution in [0, 0.1) is 11.8 Å². The summed E-state index contributed by atoms with van der Waals surface area (Å²) in [6, 6.07) is 1.40. The molecule has 0 radical (unpaired) electrons. The lowest BCUT2D eigenvalue weighted by Gasteiger charge is -2.37. The molecule has 0 aromatic rings. The summed E-state index contributed by atoms with van der Waals surface area (Å²) < 4.78 is 0. The molecule has 0 bridgehead atoms. The molecule has 3 atom stereocenters. The number of nitrogens with zero attached hydrogens (tertiary/aromatic N) is 1. The fourth-order valence-corrected chi connectivity index (χ4v) is 2.21. The number of nitrogens with one attached hydrogen (secondary N) is 1. The second-order valence-electron chi connectivity index (χ2n) is 5.68. The highest BCUT2D eigenvalue weighted by molar-refractivity contribution is 4.78. The summed E-state index contributed by atoms with van der Waals surface area (Å²) in [7, 11) is 0. The third-order valence-corrected chi connectivity index (χ3v) is 3.75. The van der Waals surface area contributed by atoms with Gasteiger partial charge in [0.1, 0.15) is 0 Å². The molecule has 3 unspecified atom stereocenters. The topological polar surface area (TPSA) is 15.3 Å². The van der Waals surface area contributed by atoms with Crippen LogP contribution < -0.4 is 5.32 Å². The van der Waals surface area contributed by atoms with E-state index in [-0.39, 0.29) is 0 Å². The molecular formula is C13H28N2. The van der Waals surface area contributed by atoms with Gasteiger partial charge >= 0.3 is 0 Å². The number of hydrogen-bond donors (Lipinski definition) is 1. The molecule has 2 nitrogen and oxygen atoms in total. The van der Waals surface area contributed by atoms with E-state index in [1.807, 2.05) is 0 Å². The van der Waals surface area contributed by atoms with E-state index in [4.69, 9.17) is 0 Å². The van der Waals surface area contributed by atoms with Gasteiger partial charge in [-0.15, -0.1) is 0 Å². The lowest BCUT2D eigenvalue weighted by molar-refractivity contribution is 0.127. The quantitative estimate of drug-likeness (QED) is 0.756. The van der Waals surface area contributed by atoms with Crippen LogP contribution in [0.3, 0.4) is 0 Å². The van der Waals surface area contributed by atoms with Crippen molar-refractivity contribution in [1.29, 1.82) is 0 Å². The standard InChI is InChI=1S/C13H28N2/c1-10(2)13(5)15-7-6-12(4)14-8-11(3)9-15/h10-14H,6-9H2,1-5H3. The summed E-state index contributed by atoms with van der Waals surface area (Å²) >= 11 is 0. The Morgan fingerprint density at radius 1 is 1.20 bits per heavy atom. The van der Waals surface area contributed by atoms with Crippen LogP contribution in [0.1, 0.15) is 41.0 Å². The van der Waals surface area contributed by atoms with Crippen LogP contribution in [-0.2, 0) is 0 Å². The zero-order valence-electron chi connectivity index (χ0n) is 11.1. The van der Waals surface area contributed by atoms with Crippen LogP contribution in [0.4, 0.5) is 0 Å². The van der Waals surface area contributed by atoms with Crippen LogP contribution in [0.5, 0.6) is 0 Å². The number of rotatable bonds is 2. The Balaban J connectivity index is 2.54. The van der Waals surface area contributed by atoms with Crippen LogP contribution >= 0.6 is 0 Å². The fourth-order valence-electron chi connectivity index (χ4n) is 2.21. The summed E-state index contributed by atoms with van der Waals surface area (Å²) in [6.07, 6.45) is 1.28. The van der Waals surface area contributed by atoms with Gasteiger partial charge in [-0.3, -0.25) is 0 Å². The molecule has 0 aromatic carbocycles. The van der Waals surface area contributed by atoms with Crippen molar-refractivity contribution in [3.63, 3.8) is 0 Å². The molecule has 1 N–H and O–H groups in total. The predicted molar refractivity (Wildman–Crippen MR) is 67.1 cm³/mol. The zero-order valence-corrected chi connectivity index (χ0v) is 11.1. The van der Waals surface area contributed by atoms with Crippen molar-refractivity contribution in [3.8, 4) is 0 Å². The first-order valence-electron chi connectivity index (χ1n) is 6.48. The smallest absolute Gasteiger partial charge is 0.00900 e. The maximum Gasteiger partial charge on any atom is 0.00900 e. The Morgan fingerprint density at radius 2 is 1.87 bits per heavy atom. The molecule has 2 heteroatoms. The highest BCUT2D eigenvalue weighted by Crippen LogP contribution is 2.15. The van der Waals surface area contributed by atoms with Gasteiger partial charge in [0.15, 0.2) is 0 Å². The normalized spacial score (nSPS) is 32.4. The van der Waals surface area contributed by atoms with Crippen LogP contribution in [0.25, 0.3) is 0 Å². The molecule has 1 saturated heterocycles. The molecule has 1 heterocycles. The molecule has 0 aromatic heterocycles. The average Bonchev–Trinajstić information content (AvgIpc) is 2.17. The van der Waals surface area contributed by atoms with E-state index in [1.165, 1.54) is 26.1 Å². The molecule has 0 amide bonds. The first-order chi connectivity index (χ1) is 7.00.